The predicted octanol–water partition coefficient (Wildman–Crippen LogP) is 4.93. The number of rotatable bonds is 3. The lowest BCUT2D eigenvalue weighted by atomic mass is 9.87. The van der Waals surface area contributed by atoms with Crippen LogP contribution in [0.4, 0.5) is 0 Å². The molecule has 1 aromatic rings. The summed E-state index contributed by atoms with van der Waals surface area (Å²) < 4.78 is 1.14. The van der Waals surface area contributed by atoms with E-state index in [-0.39, 0.29) is 11.5 Å². The van der Waals surface area contributed by atoms with Crippen molar-refractivity contribution >= 4 is 15.9 Å². The van der Waals surface area contributed by atoms with Gasteiger partial charge in [0.2, 0.25) is 0 Å². The Morgan fingerprint density at radius 1 is 1.18 bits per heavy atom. The number of benzene rings is 1. The first-order valence-electron chi connectivity index (χ1n) is 6.15. The third-order valence-electron chi connectivity index (χ3n) is 3.01. The van der Waals surface area contributed by atoms with E-state index in [1.807, 2.05) is 0 Å². The molecule has 0 radical (unpaired) electrons. The van der Waals surface area contributed by atoms with E-state index in [9.17, 15) is 5.11 Å². The van der Waals surface area contributed by atoms with E-state index in [1.165, 1.54) is 11.1 Å². The van der Waals surface area contributed by atoms with Crippen molar-refractivity contribution in [1.29, 1.82) is 0 Å². The highest BCUT2D eigenvalue weighted by atomic mass is 79.9. The molecule has 0 aliphatic heterocycles. The fourth-order valence-electron chi connectivity index (χ4n) is 1.91. The second kappa shape index (κ2) is 5.53. The van der Waals surface area contributed by atoms with Gasteiger partial charge < -0.3 is 5.11 Å². The summed E-state index contributed by atoms with van der Waals surface area (Å²) >= 11 is 3.55. The van der Waals surface area contributed by atoms with E-state index in [2.05, 4.69) is 62.7 Å². The molecule has 0 fully saturated rings. The van der Waals surface area contributed by atoms with Gasteiger partial charge in [-0.3, -0.25) is 0 Å². The van der Waals surface area contributed by atoms with Crippen LogP contribution in [0.5, 0.6) is 0 Å². The topological polar surface area (TPSA) is 20.2 Å². The van der Waals surface area contributed by atoms with Gasteiger partial charge in [0, 0.05) is 4.47 Å². The van der Waals surface area contributed by atoms with Gasteiger partial charge in [0.05, 0.1) is 6.10 Å². The van der Waals surface area contributed by atoms with Gasteiger partial charge in [-0.1, -0.05) is 48.8 Å². The van der Waals surface area contributed by atoms with Crippen LogP contribution in [0.1, 0.15) is 56.4 Å². The van der Waals surface area contributed by atoms with Crippen LogP contribution >= 0.6 is 15.9 Å². The minimum absolute atomic E-state index is 0.278. The maximum Gasteiger partial charge on any atom is 0.0790 e. The zero-order valence-corrected chi connectivity index (χ0v) is 13.1. The highest BCUT2D eigenvalue weighted by Crippen LogP contribution is 2.30. The van der Waals surface area contributed by atoms with E-state index in [0.29, 0.717) is 0 Å². The Morgan fingerprint density at radius 3 is 2.06 bits per heavy atom. The maximum atomic E-state index is 10.2. The first kappa shape index (κ1) is 14.7. The van der Waals surface area contributed by atoms with Gasteiger partial charge in [-0.2, -0.15) is 0 Å². The molecule has 0 saturated carbocycles. The average molecular weight is 299 g/mol. The SMILES string of the molecule is Cc1cc(C(O)CCC(C)(C)C)cc(C)c1Br. The normalized spacial score (nSPS) is 13.8. The average Bonchev–Trinajstić information content (AvgIpc) is 2.20. The molecule has 0 bridgehead atoms. The summed E-state index contributed by atoms with van der Waals surface area (Å²) in [5, 5.41) is 10.2. The molecule has 1 rings (SSSR count). The van der Waals surface area contributed by atoms with Crippen LogP contribution in [-0.2, 0) is 0 Å². The van der Waals surface area contributed by atoms with Gasteiger partial charge in [0.15, 0.2) is 0 Å². The summed E-state index contributed by atoms with van der Waals surface area (Å²) in [5.41, 5.74) is 3.69. The Morgan fingerprint density at radius 2 is 1.65 bits per heavy atom. The Labute approximate surface area is 113 Å². The standard InChI is InChI=1S/C15H23BrO/c1-10-8-12(9-11(2)14(10)16)13(17)6-7-15(3,4)5/h8-9,13,17H,6-7H2,1-5H3. The van der Waals surface area contributed by atoms with Crippen LogP contribution in [0.3, 0.4) is 0 Å². The molecule has 0 aliphatic rings. The monoisotopic (exact) mass is 298 g/mol. The van der Waals surface area contributed by atoms with Crippen molar-refractivity contribution in [3.8, 4) is 0 Å². The smallest absolute Gasteiger partial charge is 0.0790 e. The molecule has 1 aromatic carbocycles. The maximum absolute atomic E-state index is 10.2. The minimum Gasteiger partial charge on any atom is -0.388 e. The second-order valence-electron chi connectivity index (χ2n) is 6.08. The molecule has 17 heavy (non-hydrogen) atoms. The molecule has 0 spiro atoms. The molecular formula is C15H23BrO. The van der Waals surface area contributed by atoms with Crippen LogP contribution in [0, 0.1) is 19.3 Å². The molecule has 0 amide bonds. The molecule has 96 valence electrons. The van der Waals surface area contributed by atoms with Gasteiger partial charge in [-0.05, 0) is 48.8 Å². The molecule has 2 heteroatoms. The van der Waals surface area contributed by atoms with Crippen molar-refractivity contribution < 1.29 is 5.11 Å². The Balaban J connectivity index is 2.79. The summed E-state index contributed by atoms with van der Waals surface area (Å²) in [4.78, 5) is 0. The van der Waals surface area contributed by atoms with Gasteiger partial charge in [0.25, 0.3) is 0 Å². The summed E-state index contributed by atoms with van der Waals surface area (Å²) in [5.74, 6) is 0. The lowest BCUT2D eigenvalue weighted by Gasteiger charge is -2.21. The highest BCUT2D eigenvalue weighted by molar-refractivity contribution is 9.10. The highest BCUT2D eigenvalue weighted by Gasteiger charge is 2.15. The molecule has 1 N–H and O–H groups in total. The van der Waals surface area contributed by atoms with E-state index in [4.69, 9.17) is 0 Å². The molecule has 1 unspecified atom stereocenters. The van der Waals surface area contributed by atoms with Gasteiger partial charge >= 0.3 is 0 Å². The third-order valence-corrected chi connectivity index (χ3v) is 4.26. The van der Waals surface area contributed by atoms with Crippen molar-refractivity contribution in [1.82, 2.24) is 0 Å². The molecule has 0 saturated heterocycles. The van der Waals surface area contributed by atoms with Crippen molar-refractivity contribution in [2.45, 2.75) is 53.6 Å². The van der Waals surface area contributed by atoms with E-state index < -0.39 is 0 Å². The van der Waals surface area contributed by atoms with Gasteiger partial charge in [0.1, 0.15) is 0 Å². The van der Waals surface area contributed by atoms with Crippen molar-refractivity contribution in [2.24, 2.45) is 5.41 Å². The fraction of sp³-hybridized carbons (Fsp3) is 0.600. The van der Waals surface area contributed by atoms with Crippen molar-refractivity contribution in [2.75, 3.05) is 0 Å². The zero-order chi connectivity index (χ0) is 13.2. The second-order valence-corrected chi connectivity index (χ2v) is 6.88. The molecule has 0 aromatic heterocycles. The molecule has 0 heterocycles. The first-order valence-corrected chi connectivity index (χ1v) is 6.95. The van der Waals surface area contributed by atoms with Crippen LogP contribution in [0.15, 0.2) is 16.6 Å². The zero-order valence-electron chi connectivity index (χ0n) is 11.5. The van der Waals surface area contributed by atoms with Crippen LogP contribution < -0.4 is 0 Å². The largest absolute Gasteiger partial charge is 0.388 e. The van der Waals surface area contributed by atoms with Gasteiger partial charge in [-0.15, -0.1) is 0 Å². The van der Waals surface area contributed by atoms with Crippen LogP contribution in [-0.4, -0.2) is 5.11 Å². The lowest BCUT2D eigenvalue weighted by Crippen LogP contribution is -2.08. The third kappa shape index (κ3) is 4.44. The van der Waals surface area contributed by atoms with E-state index in [0.717, 1.165) is 22.9 Å². The quantitative estimate of drug-likeness (QED) is 0.839. The summed E-state index contributed by atoms with van der Waals surface area (Å²) in [6.45, 7) is 10.8. The molecule has 1 atom stereocenters. The Hall–Kier alpha value is -0.340. The van der Waals surface area contributed by atoms with Crippen molar-refractivity contribution in [3.63, 3.8) is 0 Å². The van der Waals surface area contributed by atoms with E-state index >= 15 is 0 Å². The Kier molecular flexibility index (Phi) is 4.79. The van der Waals surface area contributed by atoms with Crippen molar-refractivity contribution in [3.05, 3.63) is 33.3 Å². The summed E-state index contributed by atoms with van der Waals surface area (Å²) in [6, 6.07) is 4.15. The number of hydrogen-bond acceptors (Lipinski definition) is 1. The number of aryl methyl sites for hydroxylation is 2. The summed E-state index contributed by atoms with van der Waals surface area (Å²) in [7, 11) is 0. The molecule has 1 nitrogen and oxygen atoms in total. The number of aliphatic hydroxyl groups is 1. The minimum atomic E-state index is -0.347. The molecule has 0 aliphatic carbocycles. The van der Waals surface area contributed by atoms with Crippen LogP contribution in [0.2, 0.25) is 0 Å². The fourth-order valence-corrected chi connectivity index (χ4v) is 2.14. The van der Waals surface area contributed by atoms with Gasteiger partial charge in [-0.25, -0.2) is 0 Å². The first-order chi connectivity index (χ1) is 7.70. The number of aliphatic hydroxyl groups excluding tert-OH is 1. The Bertz CT molecular complexity index is 367. The number of hydrogen-bond donors (Lipinski definition) is 1. The van der Waals surface area contributed by atoms with Crippen LogP contribution in [0.25, 0.3) is 0 Å². The van der Waals surface area contributed by atoms with E-state index in [1.54, 1.807) is 0 Å². The molecular weight excluding hydrogens is 276 g/mol. The summed E-state index contributed by atoms with van der Waals surface area (Å²) in [6.07, 6.45) is 1.51. The lowest BCUT2D eigenvalue weighted by molar-refractivity contribution is 0.147. The number of halogens is 1. The predicted molar refractivity (Wildman–Crippen MR) is 77.3 cm³/mol.